The van der Waals surface area contributed by atoms with Crippen LogP contribution in [0.3, 0.4) is 0 Å². The highest BCUT2D eigenvalue weighted by Gasteiger charge is 2.42. The van der Waals surface area contributed by atoms with Crippen LogP contribution in [0.2, 0.25) is 0 Å². The number of carboxylic acid groups (broad SMARTS) is 3. The number of halogens is 9. The van der Waals surface area contributed by atoms with Gasteiger partial charge in [-0.3, -0.25) is 14.8 Å². The number of alkyl halides is 9. The summed E-state index contributed by atoms with van der Waals surface area (Å²) in [6, 6.07) is 6.16. The van der Waals surface area contributed by atoms with Crippen LogP contribution in [-0.4, -0.2) is 111 Å². The Morgan fingerprint density at radius 3 is 1.73 bits per heavy atom. The topological polar surface area (TPSA) is 153 Å². The molecule has 1 atom stereocenters. The molecule has 45 heavy (non-hydrogen) atoms. The zero-order valence-corrected chi connectivity index (χ0v) is 23.7. The summed E-state index contributed by atoms with van der Waals surface area (Å²) in [6.07, 6.45) is -10.3. The van der Waals surface area contributed by atoms with Gasteiger partial charge < -0.3 is 20.1 Å². The number of pyridine rings is 1. The molecule has 3 N–H and O–H groups in total. The van der Waals surface area contributed by atoms with E-state index in [1.807, 2.05) is 18.5 Å². The summed E-state index contributed by atoms with van der Waals surface area (Å²) in [4.78, 5) is 40.7. The van der Waals surface area contributed by atoms with Gasteiger partial charge >= 0.3 is 36.4 Å². The summed E-state index contributed by atoms with van der Waals surface area (Å²) in [6.45, 7) is 7.91. The Morgan fingerprint density at radius 2 is 1.31 bits per heavy atom. The van der Waals surface area contributed by atoms with Crippen LogP contribution >= 0.6 is 11.3 Å². The van der Waals surface area contributed by atoms with E-state index in [0.717, 1.165) is 58.2 Å². The summed E-state index contributed by atoms with van der Waals surface area (Å²) >= 11 is 1.75. The standard InChI is InChI=1S/C18H24N4OS.3C2HF3O2/c1-2-5-19-16(3-1)11-22-8-9-23-15-18(14-22)4-7-21(13-18)12-17-20-6-10-24-17;3*3-2(4,5)1(6)7/h1-3,5-6,10H,4,7-9,11-15H2;3*(H,6,7). The predicted molar refractivity (Wildman–Crippen MR) is 136 cm³/mol. The Labute approximate surface area is 252 Å². The maximum absolute atomic E-state index is 10.6. The average molecular weight is 687 g/mol. The second-order valence-electron chi connectivity index (χ2n) is 9.38. The minimum absolute atomic E-state index is 0.253. The monoisotopic (exact) mass is 686 g/mol. The van der Waals surface area contributed by atoms with Crippen molar-refractivity contribution in [3.8, 4) is 0 Å². The zero-order valence-electron chi connectivity index (χ0n) is 22.9. The van der Waals surface area contributed by atoms with Crippen molar-refractivity contribution in [3.63, 3.8) is 0 Å². The summed E-state index contributed by atoms with van der Waals surface area (Å²) in [7, 11) is 0. The highest BCUT2D eigenvalue weighted by atomic mass is 32.1. The lowest BCUT2D eigenvalue weighted by molar-refractivity contribution is -0.193. The lowest BCUT2D eigenvalue weighted by atomic mass is 9.87. The second kappa shape index (κ2) is 17.2. The largest absolute Gasteiger partial charge is 0.490 e. The third-order valence-corrected chi connectivity index (χ3v) is 6.48. The van der Waals surface area contributed by atoms with Crippen molar-refractivity contribution in [1.82, 2.24) is 19.8 Å². The fraction of sp³-hybridized carbons (Fsp3) is 0.542. The van der Waals surface area contributed by atoms with Crippen LogP contribution in [-0.2, 0) is 32.2 Å². The molecular formula is C24H27F9N4O7S. The van der Waals surface area contributed by atoms with E-state index in [1.165, 1.54) is 11.4 Å². The van der Waals surface area contributed by atoms with Crippen LogP contribution in [0.5, 0.6) is 0 Å². The number of likely N-dealkylation sites (tertiary alicyclic amines) is 1. The normalized spacial score (nSPS) is 19.1. The number of nitrogens with zero attached hydrogens (tertiary/aromatic N) is 4. The second-order valence-corrected chi connectivity index (χ2v) is 10.4. The Kier molecular flexibility index (Phi) is 15.1. The van der Waals surface area contributed by atoms with Crippen LogP contribution in [0.15, 0.2) is 36.0 Å². The van der Waals surface area contributed by atoms with E-state index in [4.69, 9.17) is 34.4 Å². The van der Waals surface area contributed by atoms with Crippen molar-refractivity contribution >= 4 is 29.2 Å². The zero-order chi connectivity index (χ0) is 34.5. The molecule has 2 aromatic heterocycles. The summed E-state index contributed by atoms with van der Waals surface area (Å²) in [5.41, 5.74) is 1.40. The Morgan fingerprint density at radius 1 is 0.800 bits per heavy atom. The number of ether oxygens (including phenoxy) is 1. The summed E-state index contributed by atoms with van der Waals surface area (Å²) in [5.74, 6) is -8.27. The van der Waals surface area contributed by atoms with Gasteiger partial charge in [-0.1, -0.05) is 6.07 Å². The molecule has 21 heteroatoms. The quantitative estimate of drug-likeness (QED) is 0.398. The molecule has 2 aromatic rings. The first kappa shape index (κ1) is 39.5. The number of carbonyl (C=O) groups is 3. The number of carboxylic acids is 3. The van der Waals surface area contributed by atoms with E-state index in [-0.39, 0.29) is 5.41 Å². The summed E-state index contributed by atoms with van der Waals surface area (Å²) in [5, 5.41) is 24.6. The van der Waals surface area contributed by atoms with E-state index in [9.17, 15) is 39.5 Å². The molecule has 0 bridgehead atoms. The molecule has 4 rings (SSSR count). The number of rotatable bonds is 4. The highest BCUT2D eigenvalue weighted by molar-refractivity contribution is 7.09. The van der Waals surface area contributed by atoms with Crippen molar-refractivity contribution in [2.24, 2.45) is 5.41 Å². The fourth-order valence-corrected chi connectivity index (χ4v) is 4.53. The lowest BCUT2D eigenvalue weighted by Gasteiger charge is -2.31. The first-order chi connectivity index (χ1) is 20.6. The molecule has 1 unspecified atom stereocenters. The molecule has 254 valence electrons. The van der Waals surface area contributed by atoms with E-state index < -0.39 is 36.4 Å². The highest BCUT2D eigenvalue weighted by Crippen LogP contribution is 2.34. The molecular weight excluding hydrogens is 659 g/mol. The minimum Gasteiger partial charge on any atom is -0.475 e. The number of hydrogen-bond acceptors (Lipinski definition) is 9. The molecule has 0 aromatic carbocycles. The van der Waals surface area contributed by atoms with Crippen molar-refractivity contribution in [2.45, 2.75) is 38.0 Å². The molecule has 0 radical (unpaired) electrons. The van der Waals surface area contributed by atoms with E-state index in [1.54, 1.807) is 11.3 Å². The SMILES string of the molecule is O=C(O)C(F)(F)F.O=C(O)C(F)(F)F.O=C(O)C(F)(F)F.c1ccc(CN2CCOCC3(CCN(Cc4nccs4)C3)C2)nc1. The van der Waals surface area contributed by atoms with Gasteiger partial charge in [-0.05, 0) is 25.1 Å². The van der Waals surface area contributed by atoms with Crippen LogP contribution in [0.4, 0.5) is 39.5 Å². The van der Waals surface area contributed by atoms with E-state index in [0.29, 0.717) is 0 Å². The fourth-order valence-electron chi connectivity index (χ4n) is 3.87. The Hall–Kier alpha value is -3.56. The van der Waals surface area contributed by atoms with Gasteiger partial charge in [-0.2, -0.15) is 39.5 Å². The first-order valence-corrected chi connectivity index (χ1v) is 13.2. The van der Waals surface area contributed by atoms with Crippen molar-refractivity contribution in [3.05, 3.63) is 46.7 Å². The van der Waals surface area contributed by atoms with Gasteiger partial charge in [0.2, 0.25) is 0 Å². The Balaban J connectivity index is 0.000000396. The third kappa shape index (κ3) is 15.8. The summed E-state index contributed by atoms with van der Waals surface area (Å²) < 4.78 is 101. The van der Waals surface area contributed by atoms with Crippen LogP contribution in [0, 0.1) is 5.41 Å². The number of aliphatic carboxylic acids is 3. The average Bonchev–Trinajstić information content (AvgIpc) is 3.52. The van der Waals surface area contributed by atoms with Gasteiger partial charge in [-0.25, -0.2) is 19.4 Å². The van der Waals surface area contributed by atoms with Crippen molar-refractivity contribution in [2.75, 3.05) is 39.4 Å². The van der Waals surface area contributed by atoms with E-state index in [2.05, 4.69) is 37.3 Å². The number of thiazole rings is 1. The number of aromatic nitrogens is 2. The van der Waals surface area contributed by atoms with Gasteiger partial charge in [-0.15, -0.1) is 11.3 Å². The van der Waals surface area contributed by atoms with Crippen molar-refractivity contribution < 1.29 is 74.0 Å². The van der Waals surface area contributed by atoms with Crippen LogP contribution < -0.4 is 0 Å². The van der Waals surface area contributed by atoms with Gasteiger partial charge in [0.25, 0.3) is 0 Å². The molecule has 4 heterocycles. The van der Waals surface area contributed by atoms with Crippen molar-refractivity contribution in [1.29, 1.82) is 0 Å². The van der Waals surface area contributed by atoms with Gasteiger partial charge in [0.05, 0.1) is 25.5 Å². The molecule has 2 fully saturated rings. The lowest BCUT2D eigenvalue weighted by Crippen LogP contribution is -2.40. The molecule has 2 aliphatic heterocycles. The minimum atomic E-state index is -5.08. The van der Waals surface area contributed by atoms with E-state index >= 15 is 0 Å². The molecule has 2 aliphatic rings. The molecule has 0 aliphatic carbocycles. The van der Waals surface area contributed by atoms with Gasteiger partial charge in [0.15, 0.2) is 0 Å². The smallest absolute Gasteiger partial charge is 0.475 e. The van der Waals surface area contributed by atoms with Gasteiger partial charge in [0, 0.05) is 49.4 Å². The first-order valence-electron chi connectivity index (χ1n) is 12.4. The molecule has 0 amide bonds. The maximum Gasteiger partial charge on any atom is 0.490 e. The molecule has 2 saturated heterocycles. The predicted octanol–water partition coefficient (Wildman–Crippen LogP) is 4.16. The Bertz CT molecular complexity index is 1140. The molecule has 0 saturated carbocycles. The van der Waals surface area contributed by atoms with Crippen LogP contribution in [0.1, 0.15) is 17.1 Å². The number of hydrogen-bond donors (Lipinski definition) is 3. The van der Waals surface area contributed by atoms with Crippen LogP contribution in [0.25, 0.3) is 0 Å². The third-order valence-electron chi connectivity index (χ3n) is 5.72. The van der Waals surface area contributed by atoms with Gasteiger partial charge in [0.1, 0.15) is 5.01 Å². The maximum atomic E-state index is 10.6. The molecule has 1 spiro atoms. The molecule has 11 nitrogen and oxygen atoms in total.